The van der Waals surface area contributed by atoms with Crippen LogP contribution in [0.25, 0.3) is 0 Å². The number of methoxy groups -OCH3 is 1. The van der Waals surface area contributed by atoms with Crippen molar-refractivity contribution in [2.45, 2.75) is 32.0 Å². The zero-order valence-electron chi connectivity index (χ0n) is 15.2. The highest BCUT2D eigenvalue weighted by Crippen LogP contribution is 2.30. The Morgan fingerprint density at radius 3 is 2.71 bits per heavy atom. The van der Waals surface area contributed by atoms with Crippen molar-refractivity contribution >= 4 is 11.7 Å². The molecule has 1 aliphatic rings. The molecule has 7 nitrogen and oxygen atoms in total. The zero-order chi connectivity index (χ0) is 20.6. The number of ether oxygens (including phenoxy) is 1. The smallest absolute Gasteiger partial charge is 0.257 e. The summed E-state index contributed by atoms with van der Waals surface area (Å²) in [6.07, 6.45) is 1.47. The minimum Gasteiger partial charge on any atom is -0.503 e. The number of carbonyl (C=O) groups is 2. The van der Waals surface area contributed by atoms with E-state index >= 15 is 0 Å². The molecule has 1 aromatic carbocycles. The summed E-state index contributed by atoms with van der Waals surface area (Å²) in [5, 5.41) is 12.6. The number of pyridine rings is 1. The Labute approximate surface area is 158 Å². The Bertz CT molecular complexity index is 1030. The summed E-state index contributed by atoms with van der Waals surface area (Å²) < 4.78 is 33.2. The molecule has 2 aromatic rings. The number of aromatic nitrogens is 1. The Morgan fingerprint density at radius 1 is 1.36 bits per heavy atom. The van der Waals surface area contributed by atoms with Gasteiger partial charge in [-0.25, -0.2) is 8.78 Å². The van der Waals surface area contributed by atoms with E-state index in [9.17, 15) is 28.3 Å². The van der Waals surface area contributed by atoms with Crippen LogP contribution in [0.1, 0.15) is 39.8 Å². The molecule has 0 saturated carbocycles. The summed E-state index contributed by atoms with van der Waals surface area (Å²) in [6.45, 7) is 1.51. The van der Waals surface area contributed by atoms with Crippen LogP contribution in [-0.2, 0) is 17.8 Å². The molecule has 0 saturated heterocycles. The van der Waals surface area contributed by atoms with Gasteiger partial charge in [-0.3, -0.25) is 14.4 Å². The highest BCUT2D eigenvalue weighted by atomic mass is 19.1. The number of amides is 1. The van der Waals surface area contributed by atoms with Gasteiger partial charge >= 0.3 is 0 Å². The van der Waals surface area contributed by atoms with E-state index in [1.54, 1.807) is 6.92 Å². The van der Waals surface area contributed by atoms with Crippen molar-refractivity contribution in [2.75, 3.05) is 7.11 Å². The first kappa shape index (κ1) is 19.7. The van der Waals surface area contributed by atoms with Crippen molar-refractivity contribution in [3.05, 3.63) is 63.1 Å². The summed E-state index contributed by atoms with van der Waals surface area (Å²) >= 11 is 0. The van der Waals surface area contributed by atoms with E-state index in [4.69, 9.17) is 4.74 Å². The number of halogens is 2. The number of aryl methyl sites for hydroxylation is 1. The fraction of sp³-hybridized carbons (Fsp3) is 0.316. The molecule has 0 fully saturated rings. The number of nitrogens with zero attached hydrogens (tertiary/aromatic N) is 1. The normalized spacial score (nSPS) is 18.6. The largest absolute Gasteiger partial charge is 0.503 e. The third-order valence-corrected chi connectivity index (χ3v) is 4.93. The van der Waals surface area contributed by atoms with Gasteiger partial charge in [0.15, 0.2) is 5.75 Å². The molecule has 148 valence electrons. The van der Waals surface area contributed by atoms with Crippen molar-refractivity contribution in [1.82, 2.24) is 9.88 Å². The average Bonchev–Trinajstić information content (AvgIpc) is 2.66. The lowest BCUT2D eigenvalue weighted by molar-refractivity contribution is -0.000893. The minimum absolute atomic E-state index is 0.0306. The summed E-state index contributed by atoms with van der Waals surface area (Å²) in [6, 6.07) is 2.90. The molecular formula is C19H18F2N2O5. The van der Waals surface area contributed by atoms with Crippen LogP contribution in [0.2, 0.25) is 0 Å². The molecule has 0 aliphatic carbocycles. The Balaban J connectivity index is 1.89. The predicted molar refractivity (Wildman–Crippen MR) is 94.3 cm³/mol. The van der Waals surface area contributed by atoms with Crippen LogP contribution in [0, 0.1) is 11.6 Å². The maximum atomic E-state index is 13.7. The molecule has 0 spiro atoms. The van der Waals surface area contributed by atoms with E-state index in [1.807, 2.05) is 0 Å². The fourth-order valence-electron chi connectivity index (χ4n) is 3.05. The molecule has 1 amide bonds. The average molecular weight is 392 g/mol. The van der Waals surface area contributed by atoms with Crippen molar-refractivity contribution in [1.29, 1.82) is 0 Å². The quantitative estimate of drug-likeness (QED) is 0.826. The van der Waals surface area contributed by atoms with E-state index in [1.165, 1.54) is 23.9 Å². The molecule has 1 aromatic heterocycles. The minimum atomic E-state index is -1.17. The molecule has 3 rings (SSSR count). The van der Waals surface area contributed by atoms with Gasteiger partial charge in [0.05, 0.1) is 0 Å². The third kappa shape index (κ3) is 3.29. The van der Waals surface area contributed by atoms with Crippen molar-refractivity contribution in [3.63, 3.8) is 0 Å². The lowest BCUT2D eigenvalue weighted by atomic mass is 9.89. The van der Waals surface area contributed by atoms with E-state index in [0.29, 0.717) is 12.5 Å². The maximum absolute atomic E-state index is 13.7. The number of benzene rings is 1. The monoisotopic (exact) mass is 392 g/mol. The standard InChI is InChI=1S/C19H18F2N2O5/c1-19(28-2)5-6-23-9-12(15(24)16(25)14(23)17(19)26)18(27)22-8-10-3-4-11(20)7-13(10)21/h3-4,7,9,25H,5-6,8H2,1-2H3,(H,22,27). The number of carbonyl (C=O) groups excluding carboxylic acids is 2. The molecule has 1 aliphatic heterocycles. The van der Waals surface area contributed by atoms with E-state index in [0.717, 1.165) is 6.07 Å². The number of nitrogens with one attached hydrogen (secondary N) is 1. The Morgan fingerprint density at radius 2 is 2.07 bits per heavy atom. The Hall–Kier alpha value is -3.07. The van der Waals surface area contributed by atoms with Gasteiger partial charge in [-0.2, -0.15) is 0 Å². The first-order valence-corrected chi connectivity index (χ1v) is 8.46. The number of rotatable bonds is 4. The number of hydrogen-bond donors (Lipinski definition) is 2. The van der Waals surface area contributed by atoms with Crippen LogP contribution in [0.15, 0.2) is 29.2 Å². The van der Waals surface area contributed by atoms with Crippen molar-refractivity contribution in [2.24, 2.45) is 0 Å². The third-order valence-electron chi connectivity index (χ3n) is 4.93. The second-order valence-electron chi connectivity index (χ2n) is 6.70. The van der Waals surface area contributed by atoms with Crippen LogP contribution in [-0.4, -0.2) is 34.1 Å². The summed E-state index contributed by atoms with van der Waals surface area (Å²) in [7, 11) is 1.36. The highest BCUT2D eigenvalue weighted by Gasteiger charge is 2.41. The maximum Gasteiger partial charge on any atom is 0.257 e. The van der Waals surface area contributed by atoms with Crippen molar-refractivity contribution < 1.29 is 28.2 Å². The lowest BCUT2D eigenvalue weighted by Gasteiger charge is -2.33. The number of fused-ring (bicyclic) bond motifs is 1. The zero-order valence-corrected chi connectivity index (χ0v) is 15.2. The molecule has 2 heterocycles. The highest BCUT2D eigenvalue weighted by molar-refractivity contribution is 6.04. The van der Waals surface area contributed by atoms with Gasteiger partial charge in [0, 0.05) is 44.4 Å². The lowest BCUT2D eigenvalue weighted by Crippen LogP contribution is -2.45. The predicted octanol–water partition coefficient (Wildman–Crippen LogP) is 1.75. The number of ketones is 1. The summed E-state index contributed by atoms with van der Waals surface area (Å²) in [5.74, 6) is -3.84. The molecule has 2 N–H and O–H groups in total. The van der Waals surface area contributed by atoms with Gasteiger partial charge in [0.25, 0.3) is 5.91 Å². The van der Waals surface area contributed by atoms with E-state index < -0.39 is 45.7 Å². The molecule has 0 radical (unpaired) electrons. The van der Waals surface area contributed by atoms with Crippen LogP contribution in [0.3, 0.4) is 0 Å². The fourth-order valence-corrected chi connectivity index (χ4v) is 3.05. The van der Waals surface area contributed by atoms with Gasteiger partial charge in [-0.1, -0.05) is 6.07 Å². The topological polar surface area (TPSA) is 97.6 Å². The second-order valence-corrected chi connectivity index (χ2v) is 6.70. The van der Waals surface area contributed by atoms with Crippen LogP contribution < -0.4 is 10.7 Å². The van der Waals surface area contributed by atoms with Crippen molar-refractivity contribution in [3.8, 4) is 5.75 Å². The van der Waals surface area contributed by atoms with Gasteiger partial charge in [-0.05, 0) is 13.0 Å². The van der Waals surface area contributed by atoms with Gasteiger partial charge in [0.1, 0.15) is 28.5 Å². The van der Waals surface area contributed by atoms with Gasteiger partial charge in [-0.15, -0.1) is 0 Å². The van der Waals surface area contributed by atoms with E-state index in [2.05, 4.69) is 5.32 Å². The van der Waals surface area contributed by atoms with Crippen LogP contribution in [0.4, 0.5) is 8.78 Å². The molecule has 9 heteroatoms. The molecule has 28 heavy (non-hydrogen) atoms. The summed E-state index contributed by atoms with van der Waals surface area (Å²) in [5.41, 5.74) is -2.77. The van der Waals surface area contributed by atoms with Crippen LogP contribution in [0.5, 0.6) is 5.75 Å². The summed E-state index contributed by atoms with van der Waals surface area (Å²) in [4.78, 5) is 37.4. The van der Waals surface area contributed by atoms with E-state index in [-0.39, 0.29) is 24.3 Å². The first-order chi connectivity index (χ1) is 13.2. The van der Waals surface area contributed by atoms with Gasteiger partial charge in [0.2, 0.25) is 11.2 Å². The first-order valence-electron chi connectivity index (χ1n) is 8.46. The molecule has 1 atom stereocenters. The van der Waals surface area contributed by atoms with Crippen LogP contribution >= 0.6 is 0 Å². The van der Waals surface area contributed by atoms with Gasteiger partial charge < -0.3 is 19.7 Å². The Kier molecular flexibility index (Phi) is 5.03. The molecule has 1 unspecified atom stereocenters. The number of Topliss-reactive ketones (excluding diaryl/α,β-unsaturated/α-hetero) is 1. The second kappa shape index (κ2) is 7.16. The molecule has 0 bridgehead atoms. The number of hydrogen-bond acceptors (Lipinski definition) is 5. The molecular weight excluding hydrogens is 374 g/mol. The number of aromatic hydroxyl groups is 1. The SMILES string of the molecule is COC1(C)CCn2cc(C(=O)NCc3ccc(F)cc3F)c(=O)c(O)c2C1=O.